The molecule has 1 nitrogen and oxygen atoms in total. The summed E-state index contributed by atoms with van der Waals surface area (Å²) < 4.78 is 0. The Bertz CT molecular complexity index is 318. The molecule has 0 aromatic carbocycles. The van der Waals surface area contributed by atoms with Gasteiger partial charge >= 0.3 is 0 Å². The van der Waals surface area contributed by atoms with E-state index in [0.29, 0.717) is 16.8 Å². The van der Waals surface area contributed by atoms with Crippen LogP contribution in [0.3, 0.4) is 0 Å². The quantitative estimate of drug-likeness (QED) is 0.603. The molecule has 1 rings (SSSR count). The molecule has 0 amide bonds. The van der Waals surface area contributed by atoms with Crippen LogP contribution in [0.1, 0.15) is 54.4 Å². The van der Waals surface area contributed by atoms with Crippen LogP contribution in [-0.4, -0.2) is 21.7 Å². The van der Waals surface area contributed by atoms with Crippen molar-refractivity contribution < 1.29 is 5.11 Å². The van der Waals surface area contributed by atoms with Gasteiger partial charge in [0.05, 0.1) is 6.10 Å². The van der Waals surface area contributed by atoms with E-state index in [4.69, 9.17) is 0 Å². The molecule has 1 aliphatic rings. The number of aliphatic hydroxyl groups excluding tert-OH is 1. The molecule has 1 fully saturated rings. The van der Waals surface area contributed by atoms with Crippen LogP contribution < -0.4 is 0 Å². The molecule has 1 heterocycles. The normalized spacial score (nSPS) is 32.1. The predicted octanol–water partition coefficient (Wildman–Crippen LogP) is 4.04. The fourth-order valence-corrected chi connectivity index (χ4v) is 5.71. The summed E-state index contributed by atoms with van der Waals surface area (Å²) in [7, 11) is 0.361. The van der Waals surface area contributed by atoms with Gasteiger partial charge in [-0.3, -0.25) is 0 Å². The smallest absolute Gasteiger partial charge is 0.151 e. The van der Waals surface area contributed by atoms with Gasteiger partial charge in [-0.05, 0) is 64.2 Å². The number of hydrogen-bond donors (Lipinski definition) is 1. The van der Waals surface area contributed by atoms with Crippen LogP contribution in [-0.2, 0) is 10.9 Å². The first kappa shape index (κ1) is 15.8. The van der Waals surface area contributed by atoms with E-state index in [1.165, 1.54) is 17.7 Å². The Morgan fingerprint density at radius 3 is 2.06 bits per heavy atom. The van der Waals surface area contributed by atoms with Crippen LogP contribution in [0.25, 0.3) is 0 Å². The summed E-state index contributed by atoms with van der Waals surface area (Å²) in [4.78, 5) is 1.47. The second kappa shape index (κ2) is 6.81. The Morgan fingerprint density at radius 2 is 1.67 bits per heavy atom. The molecule has 1 saturated heterocycles. The zero-order chi connectivity index (χ0) is 13.9. The van der Waals surface area contributed by atoms with Crippen molar-refractivity contribution in [1.29, 1.82) is 0 Å². The first-order valence-corrected chi connectivity index (χ1v) is 8.48. The lowest BCUT2D eigenvalue weighted by Gasteiger charge is -2.14. The third kappa shape index (κ3) is 4.17. The summed E-state index contributed by atoms with van der Waals surface area (Å²) in [6.45, 7) is 13.1. The molecule has 1 aliphatic heterocycles. The molecule has 104 valence electrons. The SMILES string of the molecule is C/C(=C/C(=C\C(C)C)[S+]1C(C)CCC1C)C(C)O. The van der Waals surface area contributed by atoms with Gasteiger partial charge in [0.15, 0.2) is 4.91 Å². The average Bonchev–Trinajstić information content (AvgIpc) is 2.56. The van der Waals surface area contributed by atoms with Crippen LogP contribution in [0.5, 0.6) is 0 Å². The van der Waals surface area contributed by atoms with Gasteiger partial charge in [0.2, 0.25) is 0 Å². The van der Waals surface area contributed by atoms with Crippen molar-refractivity contribution in [2.75, 3.05) is 0 Å². The van der Waals surface area contributed by atoms with Crippen molar-refractivity contribution in [2.45, 2.75) is 71.0 Å². The van der Waals surface area contributed by atoms with E-state index in [1.54, 1.807) is 0 Å². The molecule has 0 aromatic heterocycles. The maximum atomic E-state index is 9.69. The molecule has 18 heavy (non-hydrogen) atoms. The lowest BCUT2D eigenvalue weighted by atomic mass is 10.1. The summed E-state index contributed by atoms with van der Waals surface area (Å²) in [5.74, 6) is 0.575. The third-order valence-corrected chi connectivity index (χ3v) is 6.65. The standard InChI is InChI=1S/C16H29OS/c1-11(2)9-16(10-12(3)15(6)17)18-13(4)7-8-14(18)5/h9-11,13-15,17H,7-8H2,1-6H3/q+1/b12-10-,16-9+. The topological polar surface area (TPSA) is 20.2 Å². The van der Waals surface area contributed by atoms with E-state index >= 15 is 0 Å². The second-order valence-corrected chi connectivity index (χ2v) is 8.77. The molecule has 0 saturated carbocycles. The molecule has 0 radical (unpaired) electrons. The van der Waals surface area contributed by atoms with E-state index < -0.39 is 0 Å². The maximum Gasteiger partial charge on any atom is 0.151 e. The molecular formula is C16H29OS+. The Kier molecular flexibility index (Phi) is 6.00. The van der Waals surface area contributed by atoms with E-state index in [2.05, 4.69) is 39.8 Å². The largest absolute Gasteiger partial charge is 0.389 e. The average molecular weight is 269 g/mol. The van der Waals surface area contributed by atoms with E-state index in [1.807, 2.05) is 13.8 Å². The fraction of sp³-hybridized carbons (Fsp3) is 0.750. The molecule has 3 atom stereocenters. The predicted molar refractivity (Wildman–Crippen MR) is 83.9 cm³/mol. The van der Waals surface area contributed by atoms with E-state index in [0.717, 1.165) is 16.1 Å². The highest BCUT2D eigenvalue weighted by Crippen LogP contribution is 2.36. The van der Waals surface area contributed by atoms with Crippen molar-refractivity contribution in [2.24, 2.45) is 5.92 Å². The molecule has 3 unspecified atom stereocenters. The molecule has 0 bridgehead atoms. The minimum Gasteiger partial charge on any atom is -0.389 e. The molecular weight excluding hydrogens is 240 g/mol. The zero-order valence-corrected chi connectivity index (χ0v) is 13.6. The van der Waals surface area contributed by atoms with Crippen molar-refractivity contribution in [3.05, 3.63) is 22.6 Å². The lowest BCUT2D eigenvalue weighted by Crippen LogP contribution is -2.21. The van der Waals surface area contributed by atoms with Gasteiger partial charge in [-0.1, -0.05) is 13.8 Å². The number of rotatable bonds is 4. The highest BCUT2D eigenvalue weighted by Gasteiger charge is 2.42. The van der Waals surface area contributed by atoms with Crippen LogP contribution >= 0.6 is 0 Å². The molecule has 1 N–H and O–H groups in total. The van der Waals surface area contributed by atoms with Gasteiger partial charge < -0.3 is 5.11 Å². The van der Waals surface area contributed by atoms with Crippen LogP contribution in [0, 0.1) is 5.92 Å². The highest BCUT2D eigenvalue weighted by atomic mass is 32.2. The van der Waals surface area contributed by atoms with Crippen molar-refractivity contribution >= 4 is 10.9 Å². The Morgan fingerprint density at radius 1 is 1.17 bits per heavy atom. The Hall–Kier alpha value is -0.210. The summed E-state index contributed by atoms with van der Waals surface area (Å²) >= 11 is 0. The van der Waals surface area contributed by atoms with Crippen LogP contribution in [0.15, 0.2) is 22.6 Å². The first-order valence-electron chi connectivity index (χ1n) is 7.13. The molecule has 0 aliphatic carbocycles. The molecule has 0 aromatic rings. The minimum atomic E-state index is -0.336. The van der Waals surface area contributed by atoms with Crippen LogP contribution in [0.2, 0.25) is 0 Å². The van der Waals surface area contributed by atoms with Gasteiger partial charge in [-0.25, -0.2) is 0 Å². The highest BCUT2D eigenvalue weighted by molar-refractivity contribution is 8.02. The summed E-state index contributed by atoms with van der Waals surface area (Å²) in [6, 6.07) is 0. The van der Waals surface area contributed by atoms with Gasteiger partial charge in [0.1, 0.15) is 10.5 Å². The number of hydrogen-bond acceptors (Lipinski definition) is 1. The van der Waals surface area contributed by atoms with Crippen molar-refractivity contribution in [1.82, 2.24) is 0 Å². The van der Waals surface area contributed by atoms with Gasteiger partial charge in [0.25, 0.3) is 0 Å². The van der Waals surface area contributed by atoms with Gasteiger partial charge in [-0.15, -0.1) is 0 Å². The van der Waals surface area contributed by atoms with E-state index in [9.17, 15) is 5.11 Å². The van der Waals surface area contributed by atoms with Gasteiger partial charge in [0, 0.05) is 10.9 Å². The zero-order valence-electron chi connectivity index (χ0n) is 12.7. The molecule has 2 heteroatoms. The van der Waals surface area contributed by atoms with Crippen LogP contribution in [0.4, 0.5) is 0 Å². The summed E-state index contributed by atoms with van der Waals surface area (Å²) in [5.41, 5.74) is 1.08. The van der Waals surface area contributed by atoms with E-state index in [-0.39, 0.29) is 6.10 Å². The van der Waals surface area contributed by atoms with Crippen molar-refractivity contribution in [3.8, 4) is 0 Å². The molecule has 0 spiro atoms. The number of allylic oxidation sites excluding steroid dienone is 2. The van der Waals surface area contributed by atoms with Gasteiger partial charge in [-0.2, -0.15) is 0 Å². The third-order valence-electron chi connectivity index (χ3n) is 3.65. The Labute approximate surface area is 116 Å². The van der Waals surface area contributed by atoms with Crippen molar-refractivity contribution in [3.63, 3.8) is 0 Å². The maximum absolute atomic E-state index is 9.69. The first-order chi connectivity index (χ1) is 8.32. The minimum absolute atomic E-state index is 0.336. The fourth-order valence-electron chi connectivity index (χ4n) is 2.45. The number of aliphatic hydroxyl groups is 1. The summed E-state index contributed by atoms with van der Waals surface area (Å²) in [6.07, 6.45) is 7.00. The second-order valence-electron chi connectivity index (χ2n) is 5.95. The lowest BCUT2D eigenvalue weighted by molar-refractivity contribution is 0.231. The monoisotopic (exact) mass is 269 g/mol. The Balaban J connectivity index is 3.03. The summed E-state index contributed by atoms with van der Waals surface area (Å²) in [5, 5.41) is 11.3.